The molecule has 0 N–H and O–H groups in total. The Kier molecular flexibility index (Phi) is 15.2. The highest BCUT2D eigenvalue weighted by Gasteiger charge is 2.15. The van der Waals surface area contributed by atoms with Crippen LogP contribution < -0.4 is 17.1 Å². The van der Waals surface area contributed by atoms with Gasteiger partial charge in [0.05, 0.1) is 19.6 Å². The van der Waals surface area contributed by atoms with Crippen LogP contribution in [-0.4, -0.2) is 51.6 Å². The molecule has 0 aliphatic carbocycles. The average Bonchev–Trinajstić information content (AvgIpc) is 2.83. The minimum atomic E-state index is -0.637. The van der Waals surface area contributed by atoms with Crippen LogP contribution in [0, 0.1) is 0 Å². The van der Waals surface area contributed by atoms with E-state index in [1.165, 1.54) is 18.2 Å². The van der Waals surface area contributed by atoms with Gasteiger partial charge < -0.3 is 0 Å². The lowest BCUT2D eigenvalue weighted by Crippen LogP contribution is -2.54. The average molecular weight is 477 g/mol. The van der Waals surface area contributed by atoms with Crippen LogP contribution in [0.2, 0.25) is 0 Å². The molecule has 1 rings (SSSR count). The summed E-state index contributed by atoms with van der Waals surface area (Å²) >= 11 is 0. The molecule has 0 bridgehead atoms. The zero-order valence-electron chi connectivity index (χ0n) is 19.4. The highest BCUT2D eigenvalue weighted by molar-refractivity contribution is 5.33. The SMILES string of the molecule is O=C=NCCCCCCn1c(=O)n(CCCCCCN=C=O)c(=O)n(CCCCN=C=O)c1=O. The van der Waals surface area contributed by atoms with Gasteiger partial charge in [0.1, 0.15) is 0 Å². The van der Waals surface area contributed by atoms with E-state index >= 15 is 0 Å². The van der Waals surface area contributed by atoms with Crippen LogP contribution in [0.3, 0.4) is 0 Å². The van der Waals surface area contributed by atoms with Gasteiger partial charge in [0.15, 0.2) is 0 Å². The van der Waals surface area contributed by atoms with E-state index in [9.17, 15) is 28.8 Å². The Bertz CT molecular complexity index is 1000. The Balaban J connectivity index is 2.93. The number of hydrogen-bond acceptors (Lipinski definition) is 9. The molecule has 0 saturated heterocycles. The molecule has 12 nitrogen and oxygen atoms in total. The van der Waals surface area contributed by atoms with Crippen molar-refractivity contribution >= 4 is 18.2 Å². The molecular formula is C22H32N6O6. The topological polar surface area (TPSA) is 154 Å². The largest absolute Gasteiger partial charge is 0.336 e. The zero-order valence-corrected chi connectivity index (χ0v) is 19.4. The van der Waals surface area contributed by atoms with Gasteiger partial charge in [-0.15, -0.1) is 0 Å². The second-order valence-corrected chi connectivity index (χ2v) is 7.76. The highest BCUT2D eigenvalue weighted by Crippen LogP contribution is 2.02. The third kappa shape index (κ3) is 10.4. The van der Waals surface area contributed by atoms with Crippen molar-refractivity contribution in [1.82, 2.24) is 13.7 Å². The minimum absolute atomic E-state index is 0.125. The zero-order chi connectivity index (χ0) is 25.0. The molecule has 0 saturated carbocycles. The summed E-state index contributed by atoms with van der Waals surface area (Å²) in [6, 6.07) is 0. The molecular weight excluding hydrogens is 444 g/mol. The molecule has 0 aromatic carbocycles. The fourth-order valence-electron chi connectivity index (χ4n) is 3.48. The lowest BCUT2D eigenvalue weighted by atomic mass is 10.2. The van der Waals surface area contributed by atoms with Crippen LogP contribution in [0.5, 0.6) is 0 Å². The molecule has 0 atom stereocenters. The normalized spacial score (nSPS) is 10.2. The first-order chi connectivity index (χ1) is 16.6. The molecule has 34 heavy (non-hydrogen) atoms. The summed E-state index contributed by atoms with van der Waals surface area (Å²) in [5.74, 6) is 0. The van der Waals surface area contributed by atoms with Gasteiger partial charge in [-0.25, -0.2) is 57.4 Å². The van der Waals surface area contributed by atoms with E-state index in [1.54, 1.807) is 0 Å². The molecule has 0 unspecified atom stereocenters. The molecule has 1 aromatic rings. The van der Waals surface area contributed by atoms with Crippen LogP contribution in [0.15, 0.2) is 29.4 Å². The first-order valence-electron chi connectivity index (χ1n) is 11.6. The fourth-order valence-corrected chi connectivity index (χ4v) is 3.48. The summed E-state index contributed by atoms with van der Waals surface area (Å²) in [5, 5.41) is 0. The van der Waals surface area contributed by atoms with E-state index in [0.29, 0.717) is 38.8 Å². The first-order valence-corrected chi connectivity index (χ1v) is 11.6. The second kappa shape index (κ2) is 18.0. The van der Waals surface area contributed by atoms with Crippen molar-refractivity contribution in [3.63, 3.8) is 0 Å². The molecule has 0 aliphatic heterocycles. The van der Waals surface area contributed by atoms with E-state index < -0.39 is 17.1 Å². The van der Waals surface area contributed by atoms with Crippen molar-refractivity contribution in [3.05, 3.63) is 31.5 Å². The quantitative estimate of drug-likeness (QED) is 0.165. The van der Waals surface area contributed by atoms with Crippen LogP contribution >= 0.6 is 0 Å². The first kappa shape index (κ1) is 28.6. The summed E-state index contributed by atoms with van der Waals surface area (Å²) in [7, 11) is 0. The van der Waals surface area contributed by atoms with Crippen molar-refractivity contribution < 1.29 is 14.4 Å². The molecule has 0 spiro atoms. The standard InChI is InChI=1S/C22H32N6O6/c29-17-23-11-5-1-3-8-14-26-20(32)27(15-9-4-2-6-12-24-18-30)22(34)28(21(26)33)16-10-7-13-25-19-31/h1-16H2. The maximum atomic E-state index is 12.9. The smallest absolute Gasteiger partial charge is 0.247 e. The Hall–Kier alpha value is -3.45. The lowest BCUT2D eigenvalue weighted by Gasteiger charge is -2.14. The van der Waals surface area contributed by atoms with E-state index in [0.717, 1.165) is 52.2 Å². The molecule has 0 amide bonds. The number of hydrogen-bond donors (Lipinski definition) is 0. The Morgan fingerprint density at radius 3 is 1.03 bits per heavy atom. The number of unbranched alkanes of at least 4 members (excludes halogenated alkanes) is 7. The summed E-state index contributed by atoms with van der Waals surface area (Å²) < 4.78 is 3.28. The maximum absolute atomic E-state index is 12.9. The summed E-state index contributed by atoms with van der Waals surface area (Å²) in [5.41, 5.74) is -1.89. The van der Waals surface area contributed by atoms with Gasteiger partial charge in [-0.1, -0.05) is 25.7 Å². The predicted octanol–water partition coefficient (Wildman–Crippen LogP) is 1.08. The number of aliphatic imine (C=N–C) groups is 3. The van der Waals surface area contributed by atoms with Gasteiger partial charge in [-0.3, -0.25) is 0 Å². The molecule has 12 heteroatoms. The predicted molar refractivity (Wildman–Crippen MR) is 124 cm³/mol. The molecule has 1 aromatic heterocycles. The Morgan fingerprint density at radius 1 is 0.441 bits per heavy atom. The third-order valence-electron chi connectivity index (χ3n) is 5.28. The minimum Gasteiger partial charge on any atom is -0.247 e. The van der Waals surface area contributed by atoms with Gasteiger partial charge >= 0.3 is 17.1 Å². The molecule has 186 valence electrons. The molecule has 0 radical (unpaired) electrons. The summed E-state index contributed by atoms with van der Waals surface area (Å²) in [4.78, 5) is 79.5. The number of isocyanates is 3. The van der Waals surface area contributed by atoms with E-state index in [-0.39, 0.29) is 26.2 Å². The van der Waals surface area contributed by atoms with Crippen molar-refractivity contribution in [2.75, 3.05) is 19.6 Å². The van der Waals surface area contributed by atoms with E-state index in [1.807, 2.05) is 0 Å². The third-order valence-corrected chi connectivity index (χ3v) is 5.28. The van der Waals surface area contributed by atoms with Gasteiger partial charge in [0.2, 0.25) is 18.2 Å². The monoisotopic (exact) mass is 476 g/mol. The van der Waals surface area contributed by atoms with E-state index in [4.69, 9.17) is 0 Å². The number of rotatable bonds is 19. The van der Waals surface area contributed by atoms with Crippen molar-refractivity contribution in [3.8, 4) is 0 Å². The molecule has 0 fully saturated rings. The fraction of sp³-hybridized carbons (Fsp3) is 0.727. The summed E-state index contributed by atoms with van der Waals surface area (Å²) in [6.45, 7) is 1.56. The van der Waals surface area contributed by atoms with Crippen molar-refractivity contribution in [2.45, 2.75) is 83.8 Å². The molecule has 0 aliphatic rings. The molecule has 1 heterocycles. The number of carbonyl (C=O) groups excluding carboxylic acids is 3. The van der Waals surface area contributed by atoms with Gasteiger partial charge in [-0.2, -0.15) is 0 Å². The Labute approximate surface area is 196 Å². The van der Waals surface area contributed by atoms with Crippen molar-refractivity contribution in [2.24, 2.45) is 15.0 Å². The number of aromatic nitrogens is 3. The van der Waals surface area contributed by atoms with Gasteiger partial charge in [0.25, 0.3) is 0 Å². The lowest BCUT2D eigenvalue weighted by molar-refractivity contribution is 0.415. The second-order valence-electron chi connectivity index (χ2n) is 7.76. The van der Waals surface area contributed by atoms with Crippen molar-refractivity contribution in [1.29, 1.82) is 0 Å². The number of nitrogens with zero attached hydrogens (tertiary/aromatic N) is 6. The van der Waals surface area contributed by atoms with Gasteiger partial charge in [0, 0.05) is 19.6 Å². The van der Waals surface area contributed by atoms with Crippen LogP contribution in [0.25, 0.3) is 0 Å². The maximum Gasteiger partial charge on any atom is 0.336 e. The highest BCUT2D eigenvalue weighted by atomic mass is 16.2. The van der Waals surface area contributed by atoms with Crippen LogP contribution in [-0.2, 0) is 34.0 Å². The summed E-state index contributed by atoms with van der Waals surface area (Å²) in [6.07, 6.45) is 11.0. The van der Waals surface area contributed by atoms with E-state index in [2.05, 4.69) is 15.0 Å². The van der Waals surface area contributed by atoms with Gasteiger partial charge in [-0.05, 0) is 38.5 Å². The van der Waals surface area contributed by atoms with Crippen LogP contribution in [0.4, 0.5) is 0 Å². The Morgan fingerprint density at radius 2 is 0.706 bits per heavy atom. The van der Waals surface area contributed by atoms with Crippen LogP contribution in [0.1, 0.15) is 64.2 Å².